The van der Waals surface area contributed by atoms with Gasteiger partial charge in [0.25, 0.3) is 0 Å². The van der Waals surface area contributed by atoms with Crippen LogP contribution in [-0.4, -0.2) is 47.8 Å². The molecule has 2 saturated heterocycles. The Balaban J connectivity index is 1.23. The van der Waals surface area contributed by atoms with Crippen molar-refractivity contribution in [3.8, 4) is 0 Å². The molecule has 0 radical (unpaired) electrons. The fourth-order valence-corrected chi connectivity index (χ4v) is 5.73. The smallest absolute Gasteiger partial charge is 0.225 e. The molecule has 3 unspecified atom stereocenters. The van der Waals surface area contributed by atoms with Crippen LogP contribution in [0.4, 0.5) is 0 Å². The van der Waals surface area contributed by atoms with Crippen LogP contribution in [0.1, 0.15) is 64.2 Å². The molecule has 0 aromatic carbocycles. The highest BCUT2D eigenvalue weighted by molar-refractivity contribution is 5.80. The van der Waals surface area contributed by atoms with Gasteiger partial charge in [0.15, 0.2) is 0 Å². The van der Waals surface area contributed by atoms with Gasteiger partial charge in [0.2, 0.25) is 11.8 Å². The number of fused-ring (bicyclic) bond motifs is 2. The Morgan fingerprint density at radius 1 is 0.792 bits per heavy atom. The van der Waals surface area contributed by atoms with Crippen LogP contribution in [0.15, 0.2) is 0 Å². The van der Waals surface area contributed by atoms with E-state index in [4.69, 9.17) is 0 Å². The van der Waals surface area contributed by atoms with Crippen LogP contribution >= 0.6 is 0 Å². The summed E-state index contributed by atoms with van der Waals surface area (Å²) in [5, 5.41) is 0. The summed E-state index contributed by atoms with van der Waals surface area (Å²) < 4.78 is 0. The van der Waals surface area contributed by atoms with E-state index >= 15 is 0 Å². The molecule has 2 aliphatic carbocycles. The first kappa shape index (κ1) is 16.4. The standard InChI is InChI=1S/C20H32N2O2/c23-19(14-18-13-15-4-5-17(18)12-15)21-10-6-16(7-11-21)20(24)22-8-2-1-3-9-22/h15-18H,1-14H2. The Hall–Kier alpha value is -1.06. The minimum absolute atomic E-state index is 0.162. The van der Waals surface area contributed by atoms with Gasteiger partial charge in [0, 0.05) is 38.5 Å². The monoisotopic (exact) mass is 332 g/mol. The molecule has 134 valence electrons. The van der Waals surface area contributed by atoms with Crippen LogP contribution in [0.5, 0.6) is 0 Å². The number of nitrogens with zero attached hydrogens (tertiary/aromatic N) is 2. The lowest BCUT2D eigenvalue weighted by Crippen LogP contribution is -2.46. The summed E-state index contributed by atoms with van der Waals surface area (Å²) in [6.45, 7) is 3.48. The van der Waals surface area contributed by atoms with E-state index in [-0.39, 0.29) is 5.92 Å². The van der Waals surface area contributed by atoms with Crippen molar-refractivity contribution >= 4 is 11.8 Å². The maximum atomic E-state index is 12.6. The van der Waals surface area contributed by atoms with Crippen LogP contribution in [0, 0.1) is 23.7 Å². The van der Waals surface area contributed by atoms with Crippen LogP contribution in [0.2, 0.25) is 0 Å². The first-order valence-electron chi connectivity index (χ1n) is 10.3. The minimum atomic E-state index is 0.162. The topological polar surface area (TPSA) is 40.6 Å². The van der Waals surface area contributed by atoms with Crippen LogP contribution < -0.4 is 0 Å². The highest BCUT2D eigenvalue weighted by atomic mass is 16.2. The summed E-state index contributed by atoms with van der Waals surface area (Å²) in [5.41, 5.74) is 0. The summed E-state index contributed by atoms with van der Waals surface area (Å²) >= 11 is 0. The van der Waals surface area contributed by atoms with Crippen LogP contribution in [0.3, 0.4) is 0 Å². The van der Waals surface area contributed by atoms with Gasteiger partial charge in [-0.15, -0.1) is 0 Å². The van der Waals surface area contributed by atoms with Gasteiger partial charge < -0.3 is 9.80 Å². The normalized spacial score (nSPS) is 33.9. The molecule has 4 aliphatic rings. The molecule has 2 aliphatic heterocycles. The molecule has 24 heavy (non-hydrogen) atoms. The van der Waals surface area contributed by atoms with Gasteiger partial charge in [-0.2, -0.15) is 0 Å². The first-order valence-corrected chi connectivity index (χ1v) is 10.3. The quantitative estimate of drug-likeness (QED) is 0.797. The lowest BCUT2D eigenvalue weighted by atomic mass is 9.85. The molecular weight excluding hydrogens is 300 g/mol. The van der Waals surface area contributed by atoms with Crippen LogP contribution in [-0.2, 0) is 9.59 Å². The third kappa shape index (κ3) is 3.34. The van der Waals surface area contributed by atoms with Gasteiger partial charge in [-0.05, 0) is 69.1 Å². The second kappa shape index (κ2) is 7.05. The van der Waals surface area contributed by atoms with Gasteiger partial charge in [0.05, 0.1) is 0 Å². The van der Waals surface area contributed by atoms with E-state index < -0.39 is 0 Å². The molecule has 4 heteroatoms. The number of carbonyl (C=O) groups is 2. The zero-order valence-electron chi connectivity index (χ0n) is 14.9. The van der Waals surface area contributed by atoms with E-state index in [2.05, 4.69) is 4.90 Å². The molecule has 0 spiro atoms. The summed E-state index contributed by atoms with van der Waals surface area (Å²) in [4.78, 5) is 29.4. The Labute approximate surface area is 145 Å². The first-order chi connectivity index (χ1) is 11.7. The maximum absolute atomic E-state index is 12.6. The molecular formula is C20H32N2O2. The van der Waals surface area contributed by atoms with Gasteiger partial charge in [0.1, 0.15) is 0 Å². The third-order valence-corrected chi connectivity index (χ3v) is 7.19. The number of carbonyl (C=O) groups excluding carboxylic acids is 2. The number of hydrogen-bond donors (Lipinski definition) is 0. The molecule has 3 atom stereocenters. The number of piperidine rings is 2. The predicted octanol–water partition coefficient (Wildman–Crippen LogP) is 3.06. The Morgan fingerprint density at radius 3 is 2.17 bits per heavy atom. The average Bonchev–Trinajstić information content (AvgIpc) is 3.25. The fraction of sp³-hybridized carbons (Fsp3) is 0.900. The molecule has 0 aromatic heterocycles. The van der Waals surface area contributed by atoms with Crippen LogP contribution in [0.25, 0.3) is 0 Å². The van der Waals surface area contributed by atoms with Crippen molar-refractivity contribution in [1.82, 2.24) is 9.80 Å². The van der Waals surface area contributed by atoms with Gasteiger partial charge >= 0.3 is 0 Å². The number of likely N-dealkylation sites (tertiary alicyclic amines) is 2. The largest absolute Gasteiger partial charge is 0.343 e. The summed E-state index contributed by atoms with van der Waals surface area (Å²) in [6, 6.07) is 0. The molecule has 4 fully saturated rings. The molecule has 4 nitrogen and oxygen atoms in total. The number of rotatable bonds is 3. The van der Waals surface area contributed by atoms with Crippen molar-refractivity contribution in [1.29, 1.82) is 0 Å². The van der Waals surface area contributed by atoms with E-state index in [1.807, 2.05) is 4.90 Å². The predicted molar refractivity (Wildman–Crippen MR) is 93.3 cm³/mol. The lowest BCUT2D eigenvalue weighted by Gasteiger charge is -2.36. The second-order valence-corrected chi connectivity index (χ2v) is 8.68. The summed E-state index contributed by atoms with van der Waals surface area (Å²) in [6.07, 6.45) is 11.5. The van der Waals surface area contributed by atoms with Crippen molar-refractivity contribution in [3.63, 3.8) is 0 Å². The molecule has 0 N–H and O–H groups in total. The van der Waals surface area contributed by atoms with Crippen molar-refractivity contribution in [3.05, 3.63) is 0 Å². The molecule has 2 bridgehead atoms. The fourth-order valence-electron chi connectivity index (χ4n) is 5.73. The van der Waals surface area contributed by atoms with E-state index in [0.717, 1.165) is 70.1 Å². The third-order valence-electron chi connectivity index (χ3n) is 7.19. The van der Waals surface area contributed by atoms with E-state index in [0.29, 0.717) is 17.7 Å². The SMILES string of the molecule is O=C(CC1CC2CCC1C2)N1CCC(C(=O)N2CCCCC2)CC1. The molecule has 2 saturated carbocycles. The van der Waals surface area contributed by atoms with Crippen molar-refractivity contribution in [2.75, 3.05) is 26.2 Å². The molecule has 0 aromatic rings. The van der Waals surface area contributed by atoms with E-state index in [1.54, 1.807) is 0 Å². The van der Waals surface area contributed by atoms with Gasteiger partial charge in [-0.1, -0.05) is 6.42 Å². The average molecular weight is 332 g/mol. The summed E-state index contributed by atoms with van der Waals surface area (Å²) in [5.74, 6) is 3.28. The van der Waals surface area contributed by atoms with Crippen molar-refractivity contribution in [2.45, 2.75) is 64.2 Å². The molecule has 4 rings (SSSR count). The summed E-state index contributed by atoms with van der Waals surface area (Å²) in [7, 11) is 0. The lowest BCUT2D eigenvalue weighted by molar-refractivity contribution is -0.141. The Morgan fingerprint density at radius 2 is 1.54 bits per heavy atom. The zero-order valence-corrected chi connectivity index (χ0v) is 14.9. The van der Waals surface area contributed by atoms with Gasteiger partial charge in [-0.3, -0.25) is 9.59 Å². The highest BCUT2D eigenvalue weighted by Gasteiger charge is 2.41. The van der Waals surface area contributed by atoms with Crippen molar-refractivity contribution in [2.24, 2.45) is 23.7 Å². The Bertz CT molecular complexity index is 478. The highest BCUT2D eigenvalue weighted by Crippen LogP contribution is 2.49. The van der Waals surface area contributed by atoms with Crippen molar-refractivity contribution < 1.29 is 9.59 Å². The Kier molecular flexibility index (Phi) is 4.82. The molecule has 2 heterocycles. The molecule has 2 amide bonds. The zero-order chi connectivity index (χ0) is 16.5. The van der Waals surface area contributed by atoms with E-state index in [1.165, 1.54) is 32.1 Å². The second-order valence-electron chi connectivity index (χ2n) is 8.68. The number of amides is 2. The minimum Gasteiger partial charge on any atom is -0.343 e. The van der Waals surface area contributed by atoms with Gasteiger partial charge in [-0.25, -0.2) is 0 Å². The number of hydrogen-bond acceptors (Lipinski definition) is 2. The maximum Gasteiger partial charge on any atom is 0.225 e. The van der Waals surface area contributed by atoms with E-state index in [9.17, 15) is 9.59 Å².